The molecule has 1 atom stereocenters. The Morgan fingerprint density at radius 3 is 2.53 bits per heavy atom. The zero-order valence-corrected chi connectivity index (χ0v) is 11.8. The molecule has 1 rings (SSSR count). The molecule has 0 spiro atoms. The van der Waals surface area contributed by atoms with Gasteiger partial charge in [0.15, 0.2) is 11.5 Å². The molecule has 0 heterocycles. The van der Waals surface area contributed by atoms with Crippen molar-refractivity contribution in [1.82, 2.24) is 0 Å². The molecule has 0 unspecified atom stereocenters. The minimum atomic E-state index is -0.786. The van der Waals surface area contributed by atoms with Gasteiger partial charge in [-0.1, -0.05) is 26.8 Å². The van der Waals surface area contributed by atoms with Crippen molar-refractivity contribution in [2.24, 2.45) is 11.1 Å². The van der Waals surface area contributed by atoms with Crippen molar-refractivity contribution in [2.45, 2.75) is 33.3 Å². The number of carbonyl (C=O) groups is 1. The lowest BCUT2D eigenvalue weighted by atomic mass is 9.85. The van der Waals surface area contributed by atoms with E-state index in [0.29, 0.717) is 12.2 Å². The van der Waals surface area contributed by atoms with Crippen molar-refractivity contribution in [3.63, 3.8) is 0 Å². The van der Waals surface area contributed by atoms with Crippen molar-refractivity contribution in [3.8, 4) is 11.5 Å². The fourth-order valence-corrected chi connectivity index (χ4v) is 1.73. The number of aromatic hydroxyl groups is 1. The van der Waals surface area contributed by atoms with Gasteiger partial charge in [0.25, 0.3) is 0 Å². The molecule has 1 aromatic carbocycles. The molecule has 0 fully saturated rings. The number of phenolic OH excluding ortho intramolecular Hbond substituents is 1. The number of nitrogens with two attached hydrogens (primary N) is 1. The minimum absolute atomic E-state index is 0.0781. The highest BCUT2D eigenvalue weighted by molar-refractivity contribution is 5.65. The Hall–Kier alpha value is -1.91. The standard InChI is InChI=1S/C14H21NO4/c1-14(2,3)12(19-13(15)17)8-9-5-6-10(16)11(7-9)18-4/h5-7,12,16H,8H2,1-4H3,(H2,15,17)/t12-/m1/s1. The highest BCUT2D eigenvalue weighted by atomic mass is 16.6. The van der Waals surface area contributed by atoms with Gasteiger partial charge in [-0.3, -0.25) is 0 Å². The third-order valence-corrected chi connectivity index (χ3v) is 2.89. The second-order valence-electron chi connectivity index (χ2n) is 5.50. The Balaban J connectivity index is 2.93. The molecular weight excluding hydrogens is 246 g/mol. The minimum Gasteiger partial charge on any atom is -0.504 e. The first-order valence-electron chi connectivity index (χ1n) is 6.06. The van der Waals surface area contributed by atoms with Crippen molar-refractivity contribution in [1.29, 1.82) is 0 Å². The third kappa shape index (κ3) is 4.35. The number of methoxy groups -OCH3 is 1. The molecule has 0 aliphatic rings. The Morgan fingerprint density at radius 2 is 2.05 bits per heavy atom. The molecule has 5 nitrogen and oxygen atoms in total. The lowest BCUT2D eigenvalue weighted by Crippen LogP contribution is -2.35. The average Bonchev–Trinajstić information content (AvgIpc) is 2.28. The van der Waals surface area contributed by atoms with E-state index in [9.17, 15) is 9.90 Å². The number of hydrogen-bond donors (Lipinski definition) is 2. The van der Waals surface area contributed by atoms with Crippen LogP contribution in [0.5, 0.6) is 11.5 Å². The predicted molar refractivity (Wildman–Crippen MR) is 72.3 cm³/mol. The fraction of sp³-hybridized carbons (Fsp3) is 0.500. The summed E-state index contributed by atoms with van der Waals surface area (Å²) < 4.78 is 10.2. The maximum absolute atomic E-state index is 11.0. The van der Waals surface area contributed by atoms with Gasteiger partial charge >= 0.3 is 6.09 Å². The van der Waals surface area contributed by atoms with E-state index >= 15 is 0 Å². The average molecular weight is 267 g/mol. The van der Waals surface area contributed by atoms with E-state index in [1.165, 1.54) is 7.11 Å². The SMILES string of the molecule is COc1cc(C[C@@H](OC(N)=O)C(C)(C)C)ccc1O. The molecule has 0 aliphatic carbocycles. The van der Waals surface area contributed by atoms with Gasteiger partial charge in [0.05, 0.1) is 7.11 Å². The van der Waals surface area contributed by atoms with E-state index in [2.05, 4.69) is 0 Å². The largest absolute Gasteiger partial charge is 0.504 e. The van der Waals surface area contributed by atoms with E-state index in [1.807, 2.05) is 20.8 Å². The summed E-state index contributed by atoms with van der Waals surface area (Å²) in [6, 6.07) is 5.04. The second-order valence-corrected chi connectivity index (χ2v) is 5.50. The molecule has 19 heavy (non-hydrogen) atoms. The highest BCUT2D eigenvalue weighted by Crippen LogP contribution is 2.30. The molecule has 0 aliphatic heterocycles. The van der Waals surface area contributed by atoms with Crippen LogP contribution in [0, 0.1) is 5.41 Å². The number of hydrogen-bond acceptors (Lipinski definition) is 4. The summed E-state index contributed by atoms with van der Waals surface area (Å²) in [4.78, 5) is 11.0. The number of primary amides is 1. The highest BCUT2D eigenvalue weighted by Gasteiger charge is 2.28. The third-order valence-electron chi connectivity index (χ3n) is 2.89. The van der Waals surface area contributed by atoms with Crippen molar-refractivity contribution >= 4 is 6.09 Å². The number of phenols is 1. The summed E-state index contributed by atoms with van der Waals surface area (Å²) in [5.74, 6) is 0.471. The Labute approximate surface area is 113 Å². The van der Waals surface area contributed by atoms with Gasteiger partial charge < -0.3 is 20.3 Å². The summed E-state index contributed by atoms with van der Waals surface area (Å²) in [7, 11) is 1.49. The molecular formula is C14H21NO4. The molecule has 3 N–H and O–H groups in total. The van der Waals surface area contributed by atoms with E-state index in [0.717, 1.165) is 5.56 Å². The Morgan fingerprint density at radius 1 is 1.42 bits per heavy atom. The van der Waals surface area contributed by atoms with Crippen LogP contribution in [0.2, 0.25) is 0 Å². The summed E-state index contributed by atoms with van der Waals surface area (Å²) in [6.07, 6.45) is -0.631. The van der Waals surface area contributed by atoms with Crippen LogP contribution in [-0.2, 0) is 11.2 Å². The van der Waals surface area contributed by atoms with Crippen molar-refractivity contribution < 1.29 is 19.4 Å². The van der Waals surface area contributed by atoms with Gasteiger partial charge in [-0.05, 0) is 23.1 Å². The van der Waals surface area contributed by atoms with Gasteiger partial charge in [0.2, 0.25) is 0 Å². The zero-order chi connectivity index (χ0) is 14.6. The number of carbonyl (C=O) groups excluding carboxylic acids is 1. The van der Waals surface area contributed by atoms with Crippen LogP contribution < -0.4 is 10.5 Å². The van der Waals surface area contributed by atoms with E-state index in [-0.39, 0.29) is 17.3 Å². The zero-order valence-electron chi connectivity index (χ0n) is 11.8. The fourth-order valence-electron chi connectivity index (χ4n) is 1.73. The predicted octanol–water partition coefficient (Wildman–Crippen LogP) is 2.45. The normalized spacial score (nSPS) is 12.8. The van der Waals surface area contributed by atoms with Crippen LogP contribution in [0.4, 0.5) is 4.79 Å². The molecule has 0 aromatic heterocycles. The molecule has 0 saturated carbocycles. The van der Waals surface area contributed by atoms with E-state index < -0.39 is 6.09 Å². The van der Waals surface area contributed by atoms with Crippen LogP contribution in [-0.4, -0.2) is 24.4 Å². The molecule has 5 heteroatoms. The van der Waals surface area contributed by atoms with Crippen LogP contribution in [0.15, 0.2) is 18.2 Å². The molecule has 0 saturated heterocycles. The molecule has 1 amide bonds. The van der Waals surface area contributed by atoms with Crippen LogP contribution in [0.25, 0.3) is 0 Å². The van der Waals surface area contributed by atoms with E-state index in [4.69, 9.17) is 15.2 Å². The quantitative estimate of drug-likeness (QED) is 0.878. The van der Waals surface area contributed by atoms with Crippen molar-refractivity contribution in [2.75, 3.05) is 7.11 Å². The number of amides is 1. The first-order chi connectivity index (χ1) is 8.74. The van der Waals surface area contributed by atoms with Gasteiger partial charge in [0, 0.05) is 6.42 Å². The smallest absolute Gasteiger partial charge is 0.404 e. The van der Waals surface area contributed by atoms with Gasteiger partial charge in [-0.2, -0.15) is 0 Å². The summed E-state index contributed by atoms with van der Waals surface area (Å²) in [5, 5.41) is 9.54. The van der Waals surface area contributed by atoms with Gasteiger partial charge in [0.1, 0.15) is 6.10 Å². The van der Waals surface area contributed by atoms with Crippen LogP contribution in [0.3, 0.4) is 0 Å². The van der Waals surface area contributed by atoms with Crippen LogP contribution >= 0.6 is 0 Å². The Kier molecular flexibility index (Phi) is 4.64. The topological polar surface area (TPSA) is 81.8 Å². The summed E-state index contributed by atoms with van der Waals surface area (Å²) >= 11 is 0. The lowest BCUT2D eigenvalue weighted by molar-refractivity contribution is 0.0374. The first-order valence-corrected chi connectivity index (χ1v) is 6.06. The number of benzene rings is 1. The maximum atomic E-state index is 11.0. The number of rotatable bonds is 4. The number of ether oxygens (including phenoxy) is 2. The molecule has 0 radical (unpaired) electrons. The first kappa shape index (κ1) is 15.1. The molecule has 1 aromatic rings. The maximum Gasteiger partial charge on any atom is 0.404 e. The lowest BCUT2D eigenvalue weighted by Gasteiger charge is -2.29. The molecule has 0 bridgehead atoms. The van der Waals surface area contributed by atoms with Gasteiger partial charge in [-0.25, -0.2) is 4.79 Å². The van der Waals surface area contributed by atoms with Gasteiger partial charge in [-0.15, -0.1) is 0 Å². The summed E-state index contributed by atoms with van der Waals surface area (Å²) in [6.45, 7) is 5.91. The van der Waals surface area contributed by atoms with Crippen LogP contribution in [0.1, 0.15) is 26.3 Å². The second kappa shape index (κ2) is 5.82. The molecule has 106 valence electrons. The Bertz CT molecular complexity index is 451. The monoisotopic (exact) mass is 267 g/mol. The summed E-state index contributed by atoms with van der Waals surface area (Å²) in [5.41, 5.74) is 5.76. The van der Waals surface area contributed by atoms with Crippen molar-refractivity contribution in [3.05, 3.63) is 23.8 Å². The van der Waals surface area contributed by atoms with E-state index in [1.54, 1.807) is 18.2 Å².